The van der Waals surface area contributed by atoms with Gasteiger partial charge in [-0.15, -0.1) is 0 Å². The maximum atomic E-state index is 10.7. The van der Waals surface area contributed by atoms with Crippen molar-refractivity contribution in [3.8, 4) is 0 Å². The third kappa shape index (κ3) is 1.70. The topological polar surface area (TPSA) is 17.1 Å². The van der Waals surface area contributed by atoms with Crippen LogP contribution in [0, 0.1) is 17.8 Å². The lowest BCUT2D eigenvalue weighted by atomic mass is 9.87. The van der Waals surface area contributed by atoms with Crippen molar-refractivity contribution in [1.82, 2.24) is 0 Å². The molecule has 0 aliphatic heterocycles. The molecule has 0 amide bonds. The van der Waals surface area contributed by atoms with Gasteiger partial charge >= 0.3 is 0 Å². The first-order valence-electron chi connectivity index (χ1n) is 5.49. The molecule has 2 bridgehead atoms. The smallest absolute Gasteiger partial charge is 0.145 e. The number of allylic oxidation sites excluding steroid dienone is 2. The lowest BCUT2D eigenvalue weighted by molar-refractivity contribution is -0.105. The zero-order valence-electron chi connectivity index (χ0n) is 8.33. The fraction of sp³-hybridized carbons (Fsp3) is 0.750. The van der Waals surface area contributed by atoms with Crippen molar-refractivity contribution < 1.29 is 4.79 Å². The van der Waals surface area contributed by atoms with E-state index in [0.717, 1.165) is 36.0 Å². The first-order valence-corrected chi connectivity index (χ1v) is 5.49. The molecule has 0 aromatic rings. The summed E-state index contributed by atoms with van der Waals surface area (Å²) in [4.78, 5) is 10.7. The van der Waals surface area contributed by atoms with E-state index in [1.54, 1.807) is 0 Å². The van der Waals surface area contributed by atoms with Crippen LogP contribution in [0.1, 0.15) is 39.0 Å². The fourth-order valence-electron chi connectivity index (χ4n) is 3.01. The predicted octanol–water partition coefficient (Wildman–Crippen LogP) is 2.96. The normalized spacial score (nSPS) is 38.2. The highest BCUT2D eigenvalue weighted by atomic mass is 16.1. The van der Waals surface area contributed by atoms with Gasteiger partial charge < -0.3 is 0 Å². The predicted molar refractivity (Wildman–Crippen MR) is 53.4 cm³/mol. The molecule has 0 N–H and O–H groups in total. The Kier molecular flexibility index (Phi) is 2.52. The Labute approximate surface area is 80.2 Å². The summed E-state index contributed by atoms with van der Waals surface area (Å²) in [6.45, 7) is 2.06. The molecule has 2 aliphatic rings. The number of hydrogen-bond donors (Lipinski definition) is 0. The van der Waals surface area contributed by atoms with Crippen LogP contribution in [0.2, 0.25) is 0 Å². The SMILES string of the molecule is CCC(C=O)=CC1CC2CCC1C2. The van der Waals surface area contributed by atoms with E-state index >= 15 is 0 Å². The van der Waals surface area contributed by atoms with Gasteiger partial charge in [0.15, 0.2) is 0 Å². The van der Waals surface area contributed by atoms with E-state index in [-0.39, 0.29) is 0 Å². The Bertz CT molecular complexity index is 229. The molecule has 1 nitrogen and oxygen atoms in total. The maximum absolute atomic E-state index is 10.7. The van der Waals surface area contributed by atoms with Crippen LogP contribution in [-0.2, 0) is 4.79 Å². The highest BCUT2D eigenvalue weighted by Gasteiger charge is 2.38. The second-order valence-corrected chi connectivity index (χ2v) is 4.55. The number of carbonyl (C=O) groups is 1. The van der Waals surface area contributed by atoms with Crippen LogP contribution in [0.15, 0.2) is 11.6 Å². The zero-order valence-corrected chi connectivity index (χ0v) is 8.33. The van der Waals surface area contributed by atoms with Crippen molar-refractivity contribution in [1.29, 1.82) is 0 Å². The first-order chi connectivity index (χ1) is 6.33. The molecule has 0 saturated heterocycles. The molecule has 3 unspecified atom stereocenters. The first kappa shape index (κ1) is 8.98. The van der Waals surface area contributed by atoms with Gasteiger partial charge in [0, 0.05) is 0 Å². The average molecular weight is 178 g/mol. The molecule has 2 aliphatic carbocycles. The second-order valence-electron chi connectivity index (χ2n) is 4.55. The van der Waals surface area contributed by atoms with Crippen LogP contribution in [0.5, 0.6) is 0 Å². The molecule has 0 heterocycles. The Balaban J connectivity index is 2.02. The van der Waals surface area contributed by atoms with E-state index in [1.807, 2.05) is 0 Å². The molecular weight excluding hydrogens is 160 g/mol. The molecular formula is C12H18O. The van der Waals surface area contributed by atoms with Crippen LogP contribution < -0.4 is 0 Å². The van der Waals surface area contributed by atoms with Gasteiger partial charge in [-0.05, 0) is 49.0 Å². The van der Waals surface area contributed by atoms with Crippen molar-refractivity contribution in [3.05, 3.63) is 11.6 Å². The summed E-state index contributed by atoms with van der Waals surface area (Å²) in [7, 11) is 0. The minimum atomic E-state index is 0.735. The number of aldehydes is 1. The van der Waals surface area contributed by atoms with Gasteiger partial charge in [-0.25, -0.2) is 0 Å². The highest BCUT2D eigenvalue weighted by molar-refractivity contribution is 5.72. The molecule has 72 valence electrons. The van der Waals surface area contributed by atoms with E-state index in [1.165, 1.54) is 25.7 Å². The van der Waals surface area contributed by atoms with Crippen LogP contribution >= 0.6 is 0 Å². The molecule has 0 aromatic carbocycles. The van der Waals surface area contributed by atoms with Crippen LogP contribution in [-0.4, -0.2) is 6.29 Å². The summed E-state index contributed by atoms with van der Waals surface area (Å²) in [6, 6.07) is 0. The second kappa shape index (κ2) is 3.65. The Morgan fingerprint density at radius 3 is 2.69 bits per heavy atom. The van der Waals surface area contributed by atoms with Crippen LogP contribution in [0.3, 0.4) is 0 Å². The van der Waals surface area contributed by atoms with Crippen molar-refractivity contribution >= 4 is 6.29 Å². The van der Waals surface area contributed by atoms with E-state index in [9.17, 15) is 4.79 Å². The average Bonchev–Trinajstić information content (AvgIpc) is 2.75. The lowest BCUT2D eigenvalue weighted by Crippen LogP contribution is -2.08. The molecule has 0 spiro atoms. The number of fused-ring (bicyclic) bond motifs is 2. The van der Waals surface area contributed by atoms with E-state index in [0.29, 0.717) is 0 Å². The van der Waals surface area contributed by atoms with Gasteiger partial charge in [-0.3, -0.25) is 4.79 Å². The minimum Gasteiger partial charge on any atom is -0.298 e. The standard InChI is InChI=1S/C12H18O/c1-2-9(8-13)5-12-7-10-3-4-11(12)6-10/h5,8,10-12H,2-4,6-7H2,1H3. The summed E-state index contributed by atoms with van der Waals surface area (Å²) < 4.78 is 0. The van der Waals surface area contributed by atoms with Crippen molar-refractivity contribution in [2.75, 3.05) is 0 Å². The molecule has 0 aromatic heterocycles. The van der Waals surface area contributed by atoms with E-state index in [2.05, 4.69) is 13.0 Å². The summed E-state index contributed by atoms with van der Waals surface area (Å²) in [6.07, 6.45) is 9.80. The number of hydrogen-bond acceptors (Lipinski definition) is 1. The molecule has 3 atom stereocenters. The Morgan fingerprint density at radius 2 is 2.23 bits per heavy atom. The third-order valence-electron chi connectivity index (χ3n) is 3.78. The maximum Gasteiger partial charge on any atom is 0.145 e. The fourth-order valence-corrected chi connectivity index (χ4v) is 3.01. The molecule has 0 radical (unpaired) electrons. The quantitative estimate of drug-likeness (QED) is 0.479. The summed E-state index contributed by atoms with van der Waals surface area (Å²) in [5.41, 5.74) is 1.01. The lowest BCUT2D eigenvalue weighted by Gasteiger charge is -2.18. The highest BCUT2D eigenvalue weighted by Crippen LogP contribution is 2.49. The van der Waals surface area contributed by atoms with Gasteiger partial charge in [0.2, 0.25) is 0 Å². The summed E-state index contributed by atoms with van der Waals surface area (Å²) >= 11 is 0. The van der Waals surface area contributed by atoms with Gasteiger partial charge in [0.1, 0.15) is 6.29 Å². The molecule has 1 heteroatoms. The monoisotopic (exact) mass is 178 g/mol. The number of rotatable bonds is 3. The van der Waals surface area contributed by atoms with Gasteiger partial charge in [-0.1, -0.05) is 19.4 Å². The van der Waals surface area contributed by atoms with Crippen molar-refractivity contribution in [3.63, 3.8) is 0 Å². The van der Waals surface area contributed by atoms with Crippen molar-refractivity contribution in [2.24, 2.45) is 17.8 Å². The van der Waals surface area contributed by atoms with Gasteiger partial charge in [-0.2, -0.15) is 0 Å². The number of carbonyl (C=O) groups excluding carboxylic acids is 1. The minimum absolute atomic E-state index is 0.735. The van der Waals surface area contributed by atoms with Crippen LogP contribution in [0.4, 0.5) is 0 Å². The Hall–Kier alpha value is -0.590. The molecule has 2 fully saturated rings. The van der Waals surface area contributed by atoms with Crippen molar-refractivity contribution in [2.45, 2.75) is 39.0 Å². The van der Waals surface area contributed by atoms with Crippen LogP contribution in [0.25, 0.3) is 0 Å². The summed E-state index contributed by atoms with van der Waals surface area (Å²) in [5.74, 6) is 2.63. The van der Waals surface area contributed by atoms with Gasteiger partial charge in [0.05, 0.1) is 0 Å². The Morgan fingerprint density at radius 1 is 1.38 bits per heavy atom. The molecule has 13 heavy (non-hydrogen) atoms. The van der Waals surface area contributed by atoms with E-state index in [4.69, 9.17) is 0 Å². The largest absolute Gasteiger partial charge is 0.298 e. The molecule has 2 saturated carbocycles. The summed E-state index contributed by atoms with van der Waals surface area (Å²) in [5, 5.41) is 0. The van der Waals surface area contributed by atoms with E-state index < -0.39 is 0 Å². The van der Waals surface area contributed by atoms with Gasteiger partial charge in [0.25, 0.3) is 0 Å². The zero-order chi connectivity index (χ0) is 9.26. The third-order valence-corrected chi connectivity index (χ3v) is 3.78. The molecule has 2 rings (SSSR count).